The second-order valence-corrected chi connectivity index (χ2v) is 11.6. The van der Waals surface area contributed by atoms with Crippen LogP contribution in [0.25, 0.3) is 10.9 Å². The van der Waals surface area contributed by atoms with Crippen LogP contribution in [-0.2, 0) is 29.0 Å². The Labute approximate surface area is 238 Å². The quantitative estimate of drug-likeness (QED) is 0.399. The van der Waals surface area contributed by atoms with Crippen molar-refractivity contribution in [3.05, 3.63) is 71.4 Å². The Morgan fingerprint density at radius 3 is 2.40 bits per heavy atom. The van der Waals surface area contributed by atoms with Crippen molar-refractivity contribution in [2.45, 2.75) is 70.5 Å². The van der Waals surface area contributed by atoms with Crippen molar-refractivity contribution in [3.8, 4) is 0 Å². The molecule has 3 heterocycles. The summed E-state index contributed by atoms with van der Waals surface area (Å²) in [5.74, 6) is -0.134. The average molecular weight is 544 g/mol. The summed E-state index contributed by atoms with van der Waals surface area (Å²) >= 11 is 0. The lowest BCUT2D eigenvalue weighted by Crippen LogP contribution is -2.52. The zero-order valence-corrected chi connectivity index (χ0v) is 24.2. The zero-order chi connectivity index (χ0) is 27.9. The van der Waals surface area contributed by atoms with Crippen LogP contribution in [0.5, 0.6) is 0 Å². The number of likely N-dealkylation sites (tertiary alicyclic amines) is 2. The average Bonchev–Trinajstić information content (AvgIpc) is 3.40. The number of aromatic amines is 1. The summed E-state index contributed by atoms with van der Waals surface area (Å²) < 4.78 is 0. The molecule has 0 saturated carbocycles. The van der Waals surface area contributed by atoms with Crippen LogP contribution in [0.15, 0.2) is 54.7 Å². The van der Waals surface area contributed by atoms with Crippen LogP contribution in [0.4, 0.5) is 0 Å². The van der Waals surface area contributed by atoms with E-state index >= 15 is 0 Å². The predicted octanol–water partition coefficient (Wildman–Crippen LogP) is 4.37. The third-order valence-electron chi connectivity index (χ3n) is 8.85. The second-order valence-electron chi connectivity index (χ2n) is 11.6. The first-order chi connectivity index (χ1) is 19.5. The summed E-state index contributed by atoms with van der Waals surface area (Å²) in [6.45, 7) is 7.31. The van der Waals surface area contributed by atoms with Gasteiger partial charge in [-0.15, -0.1) is 0 Å². The molecule has 0 radical (unpaired) electrons. The minimum Gasteiger partial charge on any atom is -0.361 e. The summed E-state index contributed by atoms with van der Waals surface area (Å²) in [5, 5.41) is 4.23. The molecule has 2 fully saturated rings. The number of likely N-dealkylation sites (N-methyl/N-ethyl adjacent to an activating group) is 1. The SMILES string of the molecule is CCc1ccccc1CN(C)C(=O)C(Cc1c[nH]c2ccccc12)NC(=O)CN1CCC(N2CCCCC2)CC1. The number of hydrogen-bond acceptors (Lipinski definition) is 4. The molecule has 3 aromatic rings. The summed E-state index contributed by atoms with van der Waals surface area (Å²) in [7, 11) is 1.84. The largest absolute Gasteiger partial charge is 0.361 e. The number of hydrogen-bond donors (Lipinski definition) is 2. The van der Waals surface area contributed by atoms with Gasteiger partial charge in [0.15, 0.2) is 0 Å². The number of amides is 2. The van der Waals surface area contributed by atoms with Gasteiger partial charge in [0, 0.05) is 56.2 Å². The van der Waals surface area contributed by atoms with Crippen LogP contribution in [0.3, 0.4) is 0 Å². The number of nitrogens with zero attached hydrogens (tertiary/aromatic N) is 3. The molecule has 7 nitrogen and oxygen atoms in total. The number of nitrogens with one attached hydrogen (secondary N) is 2. The van der Waals surface area contributed by atoms with Crippen LogP contribution < -0.4 is 5.32 Å². The number of para-hydroxylation sites is 1. The maximum atomic E-state index is 13.8. The van der Waals surface area contributed by atoms with E-state index in [-0.39, 0.29) is 11.8 Å². The molecule has 2 amide bonds. The fraction of sp³-hybridized carbons (Fsp3) is 0.515. The van der Waals surface area contributed by atoms with Gasteiger partial charge in [-0.2, -0.15) is 0 Å². The highest BCUT2D eigenvalue weighted by Gasteiger charge is 2.29. The number of aromatic nitrogens is 1. The van der Waals surface area contributed by atoms with Gasteiger partial charge in [0.2, 0.25) is 11.8 Å². The number of rotatable bonds is 10. The van der Waals surface area contributed by atoms with E-state index in [2.05, 4.69) is 45.2 Å². The van der Waals surface area contributed by atoms with Gasteiger partial charge >= 0.3 is 0 Å². The monoisotopic (exact) mass is 543 g/mol. The molecule has 2 saturated heterocycles. The Kier molecular flexibility index (Phi) is 9.55. The molecule has 1 atom stereocenters. The van der Waals surface area contributed by atoms with Gasteiger partial charge in [0.1, 0.15) is 6.04 Å². The van der Waals surface area contributed by atoms with Gasteiger partial charge in [0.25, 0.3) is 0 Å². The van der Waals surface area contributed by atoms with Gasteiger partial charge < -0.3 is 20.1 Å². The molecule has 7 heteroatoms. The first kappa shape index (κ1) is 28.4. The van der Waals surface area contributed by atoms with Crippen LogP contribution in [0.2, 0.25) is 0 Å². The van der Waals surface area contributed by atoms with E-state index in [4.69, 9.17) is 0 Å². The number of aryl methyl sites for hydroxylation is 1. The molecule has 1 unspecified atom stereocenters. The van der Waals surface area contributed by atoms with E-state index in [1.54, 1.807) is 4.90 Å². The Morgan fingerprint density at radius 2 is 1.65 bits per heavy atom. The van der Waals surface area contributed by atoms with Crippen molar-refractivity contribution in [1.82, 2.24) is 25.0 Å². The molecule has 2 aliphatic rings. The lowest BCUT2D eigenvalue weighted by Gasteiger charge is -2.40. The van der Waals surface area contributed by atoms with Crippen LogP contribution in [0, 0.1) is 0 Å². The molecule has 2 aliphatic heterocycles. The number of H-pyrrole nitrogens is 1. The molecule has 214 valence electrons. The number of fused-ring (bicyclic) bond motifs is 1. The van der Waals surface area contributed by atoms with E-state index in [0.29, 0.717) is 25.6 Å². The highest BCUT2D eigenvalue weighted by atomic mass is 16.2. The third kappa shape index (κ3) is 6.94. The van der Waals surface area contributed by atoms with Gasteiger partial charge in [-0.25, -0.2) is 0 Å². The summed E-state index contributed by atoms with van der Waals surface area (Å²) in [6, 6.07) is 16.4. The first-order valence-electron chi connectivity index (χ1n) is 15.1. The van der Waals surface area contributed by atoms with Gasteiger partial charge in [0.05, 0.1) is 6.54 Å². The minimum absolute atomic E-state index is 0.0617. The maximum Gasteiger partial charge on any atom is 0.245 e. The Hall–Kier alpha value is -3.16. The molecule has 0 aliphatic carbocycles. The zero-order valence-electron chi connectivity index (χ0n) is 24.2. The number of benzene rings is 2. The van der Waals surface area contributed by atoms with Crippen molar-refractivity contribution in [3.63, 3.8) is 0 Å². The van der Waals surface area contributed by atoms with E-state index in [0.717, 1.165) is 54.4 Å². The number of carbonyl (C=O) groups excluding carboxylic acids is 2. The lowest BCUT2D eigenvalue weighted by molar-refractivity contribution is -0.136. The van der Waals surface area contributed by atoms with Gasteiger partial charge in [-0.1, -0.05) is 55.8 Å². The highest BCUT2D eigenvalue weighted by molar-refractivity contribution is 5.90. The van der Waals surface area contributed by atoms with Crippen LogP contribution >= 0.6 is 0 Å². The lowest BCUT2D eigenvalue weighted by atomic mass is 10.00. The van der Waals surface area contributed by atoms with E-state index in [1.165, 1.54) is 37.9 Å². The topological polar surface area (TPSA) is 71.7 Å². The van der Waals surface area contributed by atoms with Crippen molar-refractivity contribution < 1.29 is 9.59 Å². The smallest absolute Gasteiger partial charge is 0.245 e. The van der Waals surface area contributed by atoms with Crippen molar-refractivity contribution >= 4 is 22.7 Å². The van der Waals surface area contributed by atoms with Crippen LogP contribution in [-0.4, -0.2) is 83.4 Å². The first-order valence-corrected chi connectivity index (χ1v) is 15.1. The minimum atomic E-state index is -0.628. The molecule has 2 aromatic carbocycles. The molecular formula is C33H45N5O2. The van der Waals surface area contributed by atoms with Gasteiger partial charge in [-0.3, -0.25) is 14.5 Å². The normalized spacial score (nSPS) is 18.1. The second kappa shape index (κ2) is 13.5. The van der Waals surface area contributed by atoms with E-state index < -0.39 is 6.04 Å². The standard InChI is InChI=1S/C33H45N5O2/c1-3-25-11-5-6-12-26(25)23-36(2)33(40)31(21-27-22-34-30-14-8-7-13-29(27)30)35-32(39)24-37-19-15-28(16-20-37)38-17-9-4-10-18-38/h5-8,11-14,22,28,31,34H,3-4,9-10,15-21,23-24H2,1-2H3,(H,35,39). The summed E-state index contributed by atoms with van der Waals surface area (Å²) in [4.78, 5) is 37.2. The molecule has 5 rings (SSSR count). The fourth-order valence-corrected chi connectivity index (χ4v) is 6.55. The number of piperidine rings is 2. The molecule has 2 N–H and O–H groups in total. The van der Waals surface area contributed by atoms with Crippen molar-refractivity contribution in [2.24, 2.45) is 0 Å². The third-order valence-corrected chi connectivity index (χ3v) is 8.85. The summed E-state index contributed by atoms with van der Waals surface area (Å²) in [5.41, 5.74) is 4.47. The molecule has 40 heavy (non-hydrogen) atoms. The Balaban J connectivity index is 1.24. The molecule has 0 spiro atoms. The van der Waals surface area contributed by atoms with E-state index in [1.807, 2.05) is 43.6 Å². The van der Waals surface area contributed by atoms with Crippen molar-refractivity contribution in [1.29, 1.82) is 0 Å². The maximum absolute atomic E-state index is 13.8. The van der Waals surface area contributed by atoms with Crippen molar-refractivity contribution in [2.75, 3.05) is 39.8 Å². The molecule has 1 aromatic heterocycles. The van der Waals surface area contributed by atoms with Crippen LogP contribution in [0.1, 0.15) is 55.7 Å². The molecular weight excluding hydrogens is 498 g/mol. The fourth-order valence-electron chi connectivity index (χ4n) is 6.55. The number of carbonyl (C=O) groups is 2. The highest BCUT2D eigenvalue weighted by Crippen LogP contribution is 2.22. The summed E-state index contributed by atoms with van der Waals surface area (Å²) in [6.07, 6.45) is 9.55. The van der Waals surface area contributed by atoms with E-state index in [9.17, 15) is 9.59 Å². The predicted molar refractivity (Wildman–Crippen MR) is 161 cm³/mol. The molecule has 0 bridgehead atoms. The van der Waals surface area contributed by atoms with Gasteiger partial charge in [-0.05, 0) is 68.0 Å². The Morgan fingerprint density at radius 1 is 0.950 bits per heavy atom. The Bertz CT molecular complexity index is 1270.